The number of carboxylic acid groups (broad SMARTS) is 1. The Balaban J connectivity index is 2.71. The highest BCUT2D eigenvalue weighted by Gasteiger charge is 2.13. The summed E-state index contributed by atoms with van der Waals surface area (Å²) in [7, 11) is 3.15. The molecule has 0 aliphatic carbocycles. The van der Waals surface area contributed by atoms with Gasteiger partial charge in [-0.1, -0.05) is 11.6 Å². The average molecular weight is 279 g/mol. The first-order chi connectivity index (χ1) is 9.31. The monoisotopic (exact) mass is 279 g/mol. The largest absolute Gasteiger partial charge is 0.478 e. The molecule has 0 aliphatic heterocycles. The molecular weight excluding hydrogens is 262 g/mol. The zero-order chi connectivity index (χ0) is 15.3. The molecule has 1 aromatic carbocycles. The van der Waals surface area contributed by atoms with Gasteiger partial charge in [0.05, 0.1) is 17.8 Å². The molecule has 0 spiro atoms. The molecule has 3 amide bonds. The van der Waals surface area contributed by atoms with Crippen molar-refractivity contribution in [3.05, 3.63) is 29.3 Å². The van der Waals surface area contributed by atoms with Gasteiger partial charge in [0.2, 0.25) is 5.91 Å². The number of amides is 3. The quantitative estimate of drug-likeness (QED) is 0.762. The van der Waals surface area contributed by atoms with Crippen LogP contribution in [0.15, 0.2) is 18.2 Å². The van der Waals surface area contributed by atoms with E-state index in [9.17, 15) is 14.4 Å². The van der Waals surface area contributed by atoms with Gasteiger partial charge in [-0.15, -0.1) is 0 Å². The first kappa shape index (κ1) is 15.5. The number of rotatable bonds is 4. The lowest BCUT2D eigenvalue weighted by Crippen LogP contribution is -2.38. The molecule has 0 aliphatic rings. The van der Waals surface area contributed by atoms with Crippen molar-refractivity contribution in [3.63, 3.8) is 0 Å². The first-order valence-corrected chi connectivity index (χ1v) is 5.90. The van der Waals surface area contributed by atoms with E-state index in [1.54, 1.807) is 27.1 Å². The third kappa shape index (κ3) is 4.27. The second kappa shape index (κ2) is 6.55. The normalized spacial score (nSPS) is 9.75. The number of likely N-dealkylation sites (N-methyl/N-ethyl adjacent to an activating group) is 1. The van der Waals surface area contributed by atoms with Crippen molar-refractivity contribution in [2.75, 3.05) is 26.0 Å². The summed E-state index contributed by atoms with van der Waals surface area (Å²) in [6.07, 6.45) is 0. The van der Waals surface area contributed by atoms with Crippen LogP contribution in [0.5, 0.6) is 0 Å². The molecule has 3 N–H and O–H groups in total. The van der Waals surface area contributed by atoms with Crippen molar-refractivity contribution in [2.24, 2.45) is 0 Å². The molecule has 0 radical (unpaired) electrons. The molecule has 0 heterocycles. The van der Waals surface area contributed by atoms with Crippen LogP contribution >= 0.6 is 0 Å². The van der Waals surface area contributed by atoms with Gasteiger partial charge in [0.25, 0.3) is 0 Å². The molecule has 0 saturated carbocycles. The number of aromatic carboxylic acids is 1. The Morgan fingerprint density at radius 2 is 1.90 bits per heavy atom. The molecule has 0 unspecified atom stereocenters. The Bertz CT molecular complexity index is 540. The zero-order valence-electron chi connectivity index (χ0n) is 11.6. The minimum absolute atomic E-state index is 0.000846. The van der Waals surface area contributed by atoms with Crippen molar-refractivity contribution in [1.82, 2.24) is 10.2 Å². The van der Waals surface area contributed by atoms with Crippen LogP contribution in [0, 0.1) is 6.92 Å². The first-order valence-electron chi connectivity index (χ1n) is 5.90. The van der Waals surface area contributed by atoms with E-state index in [0.717, 1.165) is 5.56 Å². The molecule has 20 heavy (non-hydrogen) atoms. The lowest BCUT2D eigenvalue weighted by atomic mass is 10.1. The molecule has 7 nitrogen and oxygen atoms in total. The van der Waals surface area contributed by atoms with Crippen LogP contribution < -0.4 is 10.6 Å². The third-order valence-corrected chi connectivity index (χ3v) is 2.55. The Kier molecular flexibility index (Phi) is 5.08. The molecule has 108 valence electrons. The zero-order valence-corrected chi connectivity index (χ0v) is 11.6. The number of carbonyl (C=O) groups excluding carboxylic acids is 2. The summed E-state index contributed by atoms with van der Waals surface area (Å²) in [5.74, 6) is -1.39. The van der Waals surface area contributed by atoms with Gasteiger partial charge in [-0.05, 0) is 19.1 Å². The number of hydrogen-bond acceptors (Lipinski definition) is 3. The third-order valence-electron chi connectivity index (χ3n) is 2.55. The molecule has 1 rings (SSSR count). The summed E-state index contributed by atoms with van der Waals surface area (Å²) < 4.78 is 0. The molecule has 0 aromatic heterocycles. The number of carbonyl (C=O) groups is 3. The maximum atomic E-state index is 11.6. The molecule has 0 atom stereocenters. The summed E-state index contributed by atoms with van der Waals surface area (Å²) in [6.45, 7) is 1.60. The fourth-order valence-corrected chi connectivity index (χ4v) is 1.42. The van der Waals surface area contributed by atoms with E-state index in [0.29, 0.717) is 0 Å². The van der Waals surface area contributed by atoms with E-state index in [1.807, 2.05) is 0 Å². The number of carboxylic acids is 1. The standard InChI is InChI=1S/C13H17N3O4/c1-8-4-5-10(9(6-8)12(18)19)15-13(20)14-7-11(17)16(2)3/h4-6H,7H2,1-3H3,(H,18,19)(H2,14,15,20). The SMILES string of the molecule is Cc1ccc(NC(=O)NCC(=O)N(C)C)c(C(=O)O)c1. The fourth-order valence-electron chi connectivity index (χ4n) is 1.42. The fraction of sp³-hybridized carbons (Fsp3) is 0.308. The Hall–Kier alpha value is -2.57. The van der Waals surface area contributed by atoms with Gasteiger partial charge in [0, 0.05) is 14.1 Å². The van der Waals surface area contributed by atoms with Gasteiger partial charge >= 0.3 is 12.0 Å². The van der Waals surface area contributed by atoms with Gasteiger partial charge in [0.1, 0.15) is 0 Å². The van der Waals surface area contributed by atoms with Gasteiger partial charge in [-0.2, -0.15) is 0 Å². The number of urea groups is 1. The molecule has 1 aromatic rings. The van der Waals surface area contributed by atoms with Crippen LogP contribution in [0.1, 0.15) is 15.9 Å². The smallest absolute Gasteiger partial charge is 0.337 e. The van der Waals surface area contributed by atoms with Crippen LogP contribution in [0.25, 0.3) is 0 Å². The van der Waals surface area contributed by atoms with Gasteiger partial charge in [-0.3, -0.25) is 4.79 Å². The second-order valence-electron chi connectivity index (χ2n) is 4.45. The number of hydrogen-bond donors (Lipinski definition) is 3. The lowest BCUT2D eigenvalue weighted by molar-refractivity contribution is -0.127. The predicted molar refractivity (Wildman–Crippen MR) is 73.9 cm³/mol. The molecule has 0 saturated heterocycles. The lowest BCUT2D eigenvalue weighted by Gasteiger charge is -2.12. The maximum Gasteiger partial charge on any atom is 0.337 e. The second-order valence-corrected chi connectivity index (χ2v) is 4.45. The van der Waals surface area contributed by atoms with Crippen LogP contribution in [0.2, 0.25) is 0 Å². The van der Waals surface area contributed by atoms with Crippen LogP contribution in [0.3, 0.4) is 0 Å². The van der Waals surface area contributed by atoms with Gasteiger partial charge in [0.15, 0.2) is 0 Å². The van der Waals surface area contributed by atoms with Crippen LogP contribution in [0.4, 0.5) is 10.5 Å². The number of anilines is 1. The predicted octanol–water partition coefficient (Wildman–Crippen LogP) is 0.903. The van der Waals surface area contributed by atoms with E-state index >= 15 is 0 Å². The highest BCUT2D eigenvalue weighted by molar-refractivity contribution is 6.00. The topological polar surface area (TPSA) is 98.7 Å². The minimum atomic E-state index is -1.13. The van der Waals surface area contributed by atoms with Crippen LogP contribution in [-0.4, -0.2) is 48.6 Å². The van der Waals surface area contributed by atoms with Gasteiger partial charge < -0.3 is 20.6 Å². The van der Waals surface area contributed by atoms with Crippen molar-refractivity contribution in [3.8, 4) is 0 Å². The highest BCUT2D eigenvalue weighted by Crippen LogP contribution is 2.17. The van der Waals surface area contributed by atoms with E-state index in [4.69, 9.17) is 5.11 Å². The Morgan fingerprint density at radius 3 is 2.45 bits per heavy atom. The Labute approximate surface area is 116 Å². The van der Waals surface area contributed by atoms with Crippen LogP contribution in [-0.2, 0) is 4.79 Å². The summed E-state index contributed by atoms with van der Waals surface area (Å²) in [4.78, 5) is 35.3. The van der Waals surface area contributed by atoms with Crippen molar-refractivity contribution >= 4 is 23.6 Å². The van der Waals surface area contributed by atoms with Crippen molar-refractivity contribution in [1.29, 1.82) is 0 Å². The van der Waals surface area contributed by atoms with Gasteiger partial charge in [-0.25, -0.2) is 9.59 Å². The minimum Gasteiger partial charge on any atom is -0.478 e. The van der Waals surface area contributed by atoms with E-state index in [2.05, 4.69) is 10.6 Å². The van der Waals surface area contributed by atoms with E-state index in [-0.39, 0.29) is 23.7 Å². The summed E-state index contributed by atoms with van der Waals surface area (Å²) >= 11 is 0. The number of aryl methyl sites for hydroxylation is 1. The van der Waals surface area contributed by atoms with Crippen molar-refractivity contribution in [2.45, 2.75) is 6.92 Å². The maximum absolute atomic E-state index is 11.6. The molecule has 7 heteroatoms. The highest BCUT2D eigenvalue weighted by atomic mass is 16.4. The van der Waals surface area contributed by atoms with E-state index in [1.165, 1.54) is 17.0 Å². The number of benzene rings is 1. The molecule has 0 fully saturated rings. The number of nitrogens with zero attached hydrogens (tertiary/aromatic N) is 1. The summed E-state index contributed by atoms with van der Waals surface area (Å²) in [6, 6.07) is 4.02. The van der Waals surface area contributed by atoms with Crippen molar-refractivity contribution < 1.29 is 19.5 Å². The summed E-state index contributed by atoms with van der Waals surface area (Å²) in [5.41, 5.74) is 0.952. The van der Waals surface area contributed by atoms with E-state index < -0.39 is 12.0 Å². The molecule has 0 bridgehead atoms. The average Bonchev–Trinajstić information content (AvgIpc) is 2.37. The number of nitrogens with one attached hydrogen (secondary N) is 2. The molecular formula is C13H17N3O4. The Morgan fingerprint density at radius 1 is 1.25 bits per heavy atom. The summed E-state index contributed by atoms with van der Waals surface area (Å²) in [5, 5.41) is 13.8.